The third-order valence-corrected chi connectivity index (χ3v) is 1.79. The van der Waals surface area contributed by atoms with E-state index in [0.29, 0.717) is 6.42 Å². The Kier molecular flexibility index (Phi) is 1.94. The molecule has 1 fully saturated rings. The normalized spacial score (nSPS) is 21.4. The molecular formula is C7H14N2O. The van der Waals surface area contributed by atoms with Gasteiger partial charge in [0.15, 0.2) is 0 Å². The second-order valence-corrected chi connectivity index (χ2v) is 3.07. The van der Waals surface area contributed by atoms with Gasteiger partial charge in [-0.25, -0.2) is 0 Å². The first-order valence-electron chi connectivity index (χ1n) is 3.68. The fourth-order valence-electron chi connectivity index (χ4n) is 1.01. The molecule has 3 heteroatoms. The van der Waals surface area contributed by atoms with Gasteiger partial charge in [-0.3, -0.25) is 4.79 Å². The quantitative estimate of drug-likeness (QED) is 0.564. The molecule has 1 aliphatic heterocycles. The van der Waals surface area contributed by atoms with Crippen molar-refractivity contribution < 1.29 is 4.79 Å². The molecule has 0 aliphatic carbocycles. The van der Waals surface area contributed by atoms with Crippen molar-refractivity contribution >= 4 is 5.91 Å². The van der Waals surface area contributed by atoms with E-state index in [1.807, 2.05) is 6.92 Å². The minimum Gasteiger partial charge on any atom is -0.348 e. The summed E-state index contributed by atoms with van der Waals surface area (Å²) in [5.74, 6) is 0.143. The summed E-state index contributed by atoms with van der Waals surface area (Å²) in [6.45, 7) is 5.72. The molecule has 0 saturated carbocycles. The molecule has 1 heterocycles. The van der Waals surface area contributed by atoms with Crippen molar-refractivity contribution in [1.82, 2.24) is 10.6 Å². The zero-order valence-electron chi connectivity index (χ0n) is 6.53. The van der Waals surface area contributed by atoms with Crippen molar-refractivity contribution in [3.05, 3.63) is 0 Å². The highest BCUT2D eigenvalue weighted by Gasteiger charge is 2.32. The Hall–Kier alpha value is -0.570. The van der Waals surface area contributed by atoms with Gasteiger partial charge in [0.1, 0.15) is 0 Å². The molecule has 0 atom stereocenters. The predicted octanol–water partition coefficient (Wildman–Crippen LogP) is -0.126. The summed E-state index contributed by atoms with van der Waals surface area (Å²) >= 11 is 0. The van der Waals surface area contributed by atoms with Crippen LogP contribution in [0.3, 0.4) is 0 Å². The first-order chi connectivity index (χ1) is 4.66. The molecule has 2 N–H and O–H groups in total. The van der Waals surface area contributed by atoms with Crippen LogP contribution in [0.4, 0.5) is 0 Å². The number of amides is 1. The molecule has 58 valence electrons. The van der Waals surface area contributed by atoms with Crippen molar-refractivity contribution in [1.29, 1.82) is 0 Å². The standard InChI is InChI=1S/C7H14N2O/c1-3-6(10)9-7(2)4-8-5-7/h8H,3-5H2,1-2H3,(H,9,10). The van der Waals surface area contributed by atoms with Gasteiger partial charge in [-0.05, 0) is 6.92 Å². The predicted molar refractivity (Wildman–Crippen MR) is 39.7 cm³/mol. The van der Waals surface area contributed by atoms with Gasteiger partial charge < -0.3 is 10.6 Å². The molecule has 1 aliphatic rings. The molecule has 10 heavy (non-hydrogen) atoms. The monoisotopic (exact) mass is 142 g/mol. The van der Waals surface area contributed by atoms with Crippen molar-refractivity contribution in [3.63, 3.8) is 0 Å². The highest BCUT2D eigenvalue weighted by molar-refractivity contribution is 5.76. The Labute approximate surface area is 61.2 Å². The van der Waals surface area contributed by atoms with Crippen molar-refractivity contribution in [3.8, 4) is 0 Å². The van der Waals surface area contributed by atoms with E-state index in [1.165, 1.54) is 0 Å². The van der Waals surface area contributed by atoms with Gasteiger partial charge in [0.05, 0.1) is 5.54 Å². The lowest BCUT2D eigenvalue weighted by Crippen LogP contribution is -2.66. The van der Waals surface area contributed by atoms with Crippen LogP contribution in [0.5, 0.6) is 0 Å². The maximum atomic E-state index is 10.9. The number of carbonyl (C=O) groups is 1. The van der Waals surface area contributed by atoms with Crippen LogP contribution in [0, 0.1) is 0 Å². The Morgan fingerprint density at radius 2 is 2.30 bits per heavy atom. The second-order valence-electron chi connectivity index (χ2n) is 3.07. The Balaban J connectivity index is 2.29. The van der Waals surface area contributed by atoms with Gasteiger partial charge in [-0.15, -0.1) is 0 Å². The van der Waals surface area contributed by atoms with Gasteiger partial charge >= 0.3 is 0 Å². The smallest absolute Gasteiger partial charge is 0.220 e. The lowest BCUT2D eigenvalue weighted by atomic mass is 9.95. The fourth-order valence-corrected chi connectivity index (χ4v) is 1.01. The Morgan fingerprint density at radius 1 is 1.70 bits per heavy atom. The number of nitrogens with one attached hydrogen (secondary N) is 2. The van der Waals surface area contributed by atoms with E-state index in [2.05, 4.69) is 17.6 Å². The maximum Gasteiger partial charge on any atom is 0.220 e. The molecule has 1 rings (SSSR count). The second kappa shape index (κ2) is 2.58. The molecular weight excluding hydrogens is 128 g/mol. The molecule has 0 bridgehead atoms. The first-order valence-corrected chi connectivity index (χ1v) is 3.68. The first kappa shape index (κ1) is 7.54. The van der Waals surface area contributed by atoms with Crippen LogP contribution in [0.1, 0.15) is 20.3 Å². The van der Waals surface area contributed by atoms with Crippen LogP contribution in [0.25, 0.3) is 0 Å². The molecule has 3 nitrogen and oxygen atoms in total. The average Bonchev–Trinajstić information content (AvgIpc) is 1.84. The average molecular weight is 142 g/mol. The molecule has 1 saturated heterocycles. The minimum absolute atomic E-state index is 0.0348. The number of carbonyl (C=O) groups excluding carboxylic acids is 1. The molecule has 0 aromatic heterocycles. The summed E-state index contributed by atoms with van der Waals surface area (Å²) in [4.78, 5) is 10.9. The highest BCUT2D eigenvalue weighted by Crippen LogP contribution is 2.08. The van der Waals surface area contributed by atoms with Crippen LogP contribution in [0.15, 0.2) is 0 Å². The van der Waals surface area contributed by atoms with Gasteiger partial charge in [0.2, 0.25) is 5.91 Å². The van der Waals surface area contributed by atoms with E-state index in [0.717, 1.165) is 13.1 Å². The van der Waals surface area contributed by atoms with Crippen LogP contribution in [-0.2, 0) is 4.79 Å². The van der Waals surface area contributed by atoms with Crippen molar-refractivity contribution in [2.24, 2.45) is 0 Å². The molecule has 0 unspecified atom stereocenters. The molecule has 1 amide bonds. The summed E-state index contributed by atoms with van der Waals surface area (Å²) in [5, 5.41) is 6.06. The summed E-state index contributed by atoms with van der Waals surface area (Å²) in [6.07, 6.45) is 0.579. The van der Waals surface area contributed by atoms with E-state index in [1.54, 1.807) is 0 Å². The van der Waals surface area contributed by atoms with E-state index >= 15 is 0 Å². The summed E-state index contributed by atoms with van der Waals surface area (Å²) in [5.41, 5.74) is 0.0348. The number of rotatable bonds is 2. The maximum absolute atomic E-state index is 10.9. The number of hydrogen-bond donors (Lipinski definition) is 2. The molecule has 0 aromatic carbocycles. The molecule has 0 spiro atoms. The lowest BCUT2D eigenvalue weighted by molar-refractivity contribution is -0.123. The molecule has 0 radical (unpaired) electrons. The highest BCUT2D eigenvalue weighted by atomic mass is 16.1. The summed E-state index contributed by atoms with van der Waals surface area (Å²) in [7, 11) is 0. The lowest BCUT2D eigenvalue weighted by Gasteiger charge is -2.39. The van der Waals surface area contributed by atoms with Gasteiger partial charge in [-0.1, -0.05) is 6.92 Å². The fraction of sp³-hybridized carbons (Fsp3) is 0.857. The summed E-state index contributed by atoms with van der Waals surface area (Å²) < 4.78 is 0. The van der Waals surface area contributed by atoms with E-state index in [-0.39, 0.29) is 11.4 Å². The van der Waals surface area contributed by atoms with Crippen LogP contribution < -0.4 is 10.6 Å². The third kappa shape index (κ3) is 1.48. The van der Waals surface area contributed by atoms with Crippen LogP contribution in [0.2, 0.25) is 0 Å². The van der Waals surface area contributed by atoms with E-state index in [9.17, 15) is 4.79 Å². The van der Waals surface area contributed by atoms with Crippen molar-refractivity contribution in [2.45, 2.75) is 25.8 Å². The summed E-state index contributed by atoms with van der Waals surface area (Å²) in [6, 6.07) is 0. The zero-order chi connectivity index (χ0) is 7.61. The van der Waals surface area contributed by atoms with Crippen molar-refractivity contribution in [2.75, 3.05) is 13.1 Å². The Bertz CT molecular complexity index is 141. The SMILES string of the molecule is CCC(=O)NC1(C)CNC1. The van der Waals surface area contributed by atoms with Crippen LogP contribution in [-0.4, -0.2) is 24.5 Å². The third-order valence-electron chi connectivity index (χ3n) is 1.79. The molecule has 0 aromatic rings. The van der Waals surface area contributed by atoms with Gasteiger partial charge in [0.25, 0.3) is 0 Å². The van der Waals surface area contributed by atoms with Gasteiger partial charge in [0, 0.05) is 19.5 Å². The Morgan fingerprint density at radius 3 is 2.60 bits per heavy atom. The van der Waals surface area contributed by atoms with E-state index < -0.39 is 0 Å². The van der Waals surface area contributed by atoms with Crippen LogP contribution >= 0.6 is 0 Å². The van der Waals surface area contributed by atoms with E-state index in [4.69, 9.17) is 0 Å². The van der Waals surface area contributed by atoms with Gasteiger partial charge in [-0.2, -0.15) is 0 Å². The topological polar surface area (TPSA) is 41.1 Å². The largest absolute Gasteiger partial charge is 0.348 e. The number of hydrogen-bond acceptors (Lipinski definition) is 2. The zero-order valence-corrected chi connectivity index (χ0v) is 6.53. The minimum atomic E-state index is 0.0348.